The van der Waals surface area contributed by atoms with E-state index >= 15 is 0 Å². The second-order valence-electron chi connectivity index (χ2n) is 12.1. The molecule has 1 fully saturated rings. The first-order valence-corrected chi connectivity index (χ1v) is 16.1. The standard InChI is InChI=1S/C36H40N6O7/c37-20-32(44)39-29(17-23-12-14-25(43)15-13-23)35(47)42-16-6-11-31(42)34(46)40-28(19-24-21-38-27-10-5-4-9-26(24)27)33(45)41-30(36(48)49)18-22-7-2-1-3-8-22/h1-5,7-10,12-15,21,28-31,38,43H,6,11,16-20,37H2,(H,39,44)(H,40,46)(H,41,45)(H,48,49)/t28-,29+,30+,31+/m1/s1. The van der Waals surface area contributed by atoms with E-state index in [0.717, 1.165) is 22.0 Å². The van der Waals surface area contributed by atoms with Gasteiger partial charge in [0.1, 0.15) is 29.9 Å². The smallest absolute Gasteiger partial charge is 0.326 e. The number of hydrogen-bond acceptors (Lipinski definition) is 7. The highest BCUT2D eigenvalue weighted by molar-refractivity contribution is 5.96. The zero-order chi connectivity index (χ0) is 34.9. The number of benzene rings is 3. The monoisotopic (exact) mass is 668 g/mol. The molecule has 5 rings (SSSR count). The number of fused-ring (bicyclic) bond motifs is 1. The average Bonchev–Trinajstić information content (AvgIpc) is 3.76. The van der Waals surface area contributed by atoms with Gasteiger partial charge in [0.2, 0.25) is 23.6 Å². The van der Waals surface area contributed by atoms with Crippen molar-refractivity contribution < 1.29 is 34.2 Å². The number of rotatable bonds is 14. The van der Waals surface area contributed by atoms with E-state index in [4.69, 9.17) is 5.73 Å². The summed E-state index contributed by atoms with van der Waals surface area (Å²) < 4.78 is 0. The number of carbonyl (C=O) groups is 5. The van der Waals surface area contributed by atoms with E-state index in [1.54, 1.807) is 42.6 Å². The number of nitrogens with one attached hydrogen (secondary N) is 4. The lowest BCUT2D eigenvalue weighted by Crippen LogP contribution is -2.58. The number of hydrogen-bond donors (Lipinski definition) is 7. The summed E-state index contributed by atoms with van der Waals surface area (Å²) in [6.07, 6.45) is 2.77. The van der Waals surface area contributed by atoms with Crippen LogP contribution < -0.4 is 21.7 Å². The number of nitrogens with zero attached hydrogens (tertiary/aromatic N) is 1. The minimum atomic E-state index is -1.26. The molecule has 1 aromatic heterocycles. The first-order chi connectivity index (χ1) is 23.6. The van der Waals surface area contributed by atoms with Crippen molar-refractivity contribution >= 4 is 40.5 Å². The Balaban J connectivity index is 1.37. The molecular formula is C36H40N6O7. The maximum absolute atomic E-state index is 13.9. The fourth-order valence-corrected chi connectivity index (χ4v) is 6.14. The molecule has 0 spiro atoms. The summed E-state index contributed by atoms with van der Waals surface area (Å²) in [7, 11) is 0. The van der Waals surface area contributed by atoms with E-state index in [9.17, 15) is 34.2 Å². The molecule has 0 aliphatic carbocycles. The first kappa shape index (κ1) is 34.6. The number of phenols is 1. The molecule has 4 amide bonds. The summed E-state index contributed by atoms with van der Waals surface area (Å²) in [5.74, 6) is -3.46. The Bertz CT molecular complexity index is 1790. The zero-order valence-electron chi connectivity index (χ0n) is 26.8. The fraction of sp³-hybridized carbons (Fsp3) is 0.306. The Hall–Kier alpha value is -5.69. The Morgan fingerprint density at radius 2 is 1.49 bits per heavy atom. The van der Waals surface area contributed by atoms with E-state index in [-0.39, 0.29) is 38.1 Å². The molecule has 8 N–H and O–H groups in total. The number of para-hydroxylation sites is 1. The topological polar surface area (TPSA) is 207 Å². The van der Waals surface area contributed by atoms with E-state index in [1.807, 2.05) is 30.3 Å². The number of likely N-dealkylation sites (tertiary alicyclic amines) is 1. The van der Waals surface area contributed by atoms with E-state index in [1.165, 1.54) is 17.0 Å². The van der Waals surface area contributed by atoms with E-state index in [0.29, 0.717) is 18.4 Å². The van der Waals surface area contributed by atoms with Gasteiger partial charge in [0.15, 0.2) is 0 Å². The highest BCUT2D eigenvalue weighted by Crippen LogP contribution is 2.23. The van der Waals surface area contributed by atoms with Crippen LogP contribution in [0.4, 0.5) is 0 Å². The van der Waals surface area contributed by atoms with Crippen LogP contribution in [0.25, 0.3) is 10.9 Å². The second kappa shape index (κ2) is 15.9. The third kappa shape index (κ3) is 8.82. The summed E-state index contributed by atoms with van der Waals surface area (Å²) in [5, 5.41) is 28.6. The largest absolute Gasteiger partial charge is 0.508 e. The van der Waals surface area contributed by atoms with Crippen LogP contribution in [0, 0.1) is 0 Å². The summed E-state index contributed by atoms with van der Waals surface area (Å²) in [6.45, 7) is -0.0888. The number of carbonyl (C=O) groups excluding carboxylic acids is 4. The number of H-pyrrole nitrogens is 1. The molecule has 13 nitrogen and oxygen atoms in total. The minimum Gasteiger partial charge on any atom is -0.508 e. The molecule has 1 aliphatic rings. The first-order valence-electron chi connectivity index (χ1n) is 16.1. The van der Waals surface area contributed by atoms with Crippen LogP contribution in [0.15, 0.2) is 85.1 Å². The molecular weight excluding hydrogens is 628 g/mol. The van der Waals surface area contributed by atoms with E-state index in [2.05, 4.69) is 20.9 Å². The van der Waals surface area contributed by atoms with Gasteiger partial charge in [-0.3, -0.25) is 19.2 Å². The van der Waals surface area contributed by atoms with Crippen molar-refractivity contribution in [3.63, 3.8) is 0 Å². The molecule has 4 aromatic rings. The Morgan fingerprint density at radius 1 is 0.816 bits per heavy atom. The molecule has 1 saturated heterocycles. The molecule has 3 aromatic carbocycles. The van der Waals surface area contributed by atoms with Gasteiger partial charge in [-0.2, -0.15) is 0 Å². The third-order valence-electron chi connectivity index (χ3n) is 8.66. The van der Waals surface area contributed by atoms with Crippen LogP contribution in [0.3, 0.4) is 0 Å². The summed E-state index contributed by atoms with van der Waals surface area (Å²) >= 11 is 0. The normalized spacial score (nSPS) is 16.0. The number of aromatic hydroxyl groups is 1. The van der Waals surface area contributed by atoms with Crippen LogP contribution in [-0.4, -0.2) is 87.0 Å². The number of carboxylic acid groups (broad SMARTS) is 1. The molecule has 0 unspecified atom stereocenters. The molecule has 0 radical (unpaired) electrons. The predicted octanol–water partition coefficient (Wildman–Crippen LogP) is 1.39. The van der Waals surface area contributed by atoms with Gasteiger partial charge < -0.3 is 41.8 Å². The maximum atomic E-state index is 13.9. The number of amides is 4. The third-order valence-corrected chi connectivity index (χ3v) is 8.66. The maximum Gasteiger partial charge on any atom is 0.326 e. The van der Waals surface area contributed by atoms with Gasteiger partial charge in [0, 0.05) is 42.9 Å². The Morgan fingerprint density at radius 3 is 2.20 bits per heavy atom. The van der Waals surface area contributed by atoms with Crippen LogP contribution >= 0.6 is 0 Å². The van der Waals surface area contributed by atoms with Crippen molar-refractivity contribution in [2.45, 2.75) is 56.3 Å². The van der Waals surface area contributed by atoms with Gasteiger partial charge in [-0.05, 0) is 47.7 Å². The lowest BCUT2D eigenvalue weighted by molar-refractivity contribution is -0.143. The number of aromatic amines is 1. The van der Waals surface area contributed by atoms with Crippen molar-refractivity contribution in [1.29, 1.82) is 0 Å². The number of nitrogens with two attached hydrogens (primary N) is 1. The minimum absolute atomic E-state index is 0.0392. The Labute approximate surface area is 282 Å². The molecule has 1 aliphatic heterocycles. The van der Waals surface area contributed by atoms with Crippen molar-refractivity contribution in [1.82, 2.24) is 25.8 Å². The number of carboxylic acids is 1. The molecule has 0 saturated carbocycles. The van der Waals surface area contributed by atoms with Crippen LogP contribution in [0.1, 0.15) is 29.5 Å². The van der Waals surface area contributed by atoms with Crippen molar-refractivity contribution in [2.75, 3.05) is 13.1 Å². The van der Waals surface area contributed by atoms with Gasteiger partial charge in [0.05, 0.1) is 6.54 Å². The lowest BCUT2D eigenvalue weighted by atomic mass is 10.0. The zero-order valence-corrected chi connectivity index (χ0v) is 26.8. The van der Waals surface area contributed by atoms with Crippen molar-refractivity contribution in [2.24, 2.45) is 5.73 Å². The molecule has 49 heavy (non-hydrogen) atoms. The van der Waals surface area contributed by atoms with Gasteiger partial charge >= 0.3 is 5.97 Å². The predicted molar refractivity (Wildman–Crippen MR) is 181 cm³/mol. The molecule has 0 bridgehead atoms. The SMILES string of the molecule is NCC(=O)N[C@@H](Cc1ccc(O)cc1)C(=O)N1CCC[C@H]1C(=O)N[C@H](Cc1c[nH]c2ccccc12)C(=O)N[C@@H](Cc1ccccc1)C(=O)O. The van der Waals surface area contributed by atoms with Gasteiger partial charge in [-0.15, -0.1) is 0 Å². The fourth-order valence-electron chi connectivity index (χ4n) is 6.14. The number of aliphatic carboxylic acids is 1. The number of aromatic nitrogens is 1. The van der Waals surface area contributed by atoms with Gasteiger partial charge in [-0.1, -0.05) is 60.7 Å². The molecule has 256 valence electrons. The summed E-state index contributed by atoms with van der Waals surface area (Å²) in [6, 6.07) is 18.2. The van der Waals surface area contributed by atoms with Crippen LogP contribution in [0.2, 0.25) is 0 Å². The van der Waals surface area contributed by atoms with Crippen LogP contribution in [-0.2, 0) is 43.2 Å². The second-order valence-corrected chi connectivity index (χ2v) is 12.1. The van der Waals surface area contributed by atoms with Gasteiger partial charge in [-0.25, -0.2) is 4.79 Å². The molecule has 4 atom stereocenters. The molecule has 13 heteroatoms. The summed E-state index contributed by atoms with van der Waals surface area (Å²) in [5.41, 5.74) is 8.49. The van der Waals surface area contributed by atoms with Crippen LogP contribution in [0.5, 0.6) is 5.75 Å². The van der Waals surface area contributed by atoms with E-state index < -0.39 is 53.8 Å². The lowest BCUT2D eigenvalue weighted by Gasteiger charge is -2.30. The van der Waals surface area contributed by atoms with Crippen molar-refractivity contribution in [3.8, 4) is 5.75 Å². The van der Waals surface area contributed by atoms with Crippen molar-refractivity contribution in [3.05, 3.63) is 102 Å². The number of phenolic OH excluding ortho intramolecular Hbond substituents is 1. The van der Waals surface area contributed by atoms with Gasteiger partial charge in [0.25, 0.3) is 0 Å². The average molecular weight is 669 g/mol. The summed E-state index contributed by atoms with van der Waals surface area (Å²) in [4.78, 5) is 70.7. The quantitative estimate of drug-likeness (QED) is 0.104. The highest BCUT2D eigenvalue weighted by atomic mass is 16.4. The highest BCUT2D eigenvalue weighted by Gasteiger charge is 2.39. The Kier molecular flexibility index (Phi) is 11.3. The molecule has 2 heterocycles.